The van der Waals surface area contributed by atoms with E-state index < -0.39 is 0 Å². The second-order valence-corrected chi connectivity index (χ2v) is 11.1. The maximum atomic E-state index is 13.8. The normalized spacial score (nSPS) is 17.3. The van der Waals surface area contributed by atoms with Gasteiger partial charge in [-0.3, -0.25) is 14.4 Å². The Labute approximate surface area is 251 Å². The smallest absolute Gasteiger partial charge is 0.258 e. The molecular formula is C36H34N4O3. The van der Waals surface area contributed by atoms with Gasteiger partial charge in [0, 0.05) is 61.2 Å². The SMILES string of the molecule is C=CCN(C(=O)c1ccc(N2CC3CC(C2)c2cccc(=O)n2C3)c(NC(=O)C=Cc2ccccc2)c1)c1ccccc1. The van der Waals surface area contributed by atoms with Crippen LogP contribution in [0.3, 0.4) is 0 Å². The first-order valence-corrected chi connectivity index (χ1v) is 14.6. The number of amides is 2. The van der Waals surface area contributed by atoms with Crippen molar-refractivity contribution in [3.05, 3.63) is 143 Å². The van der Waals surface area contributed by atoms with E-state index in [2.05, 4.69) is 16.8 Å². The van der Waals surface area contributed by atoms with E-state index in [1.807, 2.05) is 89.5 Å². The molecule has 0 spiro atoms. The van der Waals surface area contributed by atoms with Crippen molar-refractivity contribution in [2.24, 2.45) is 5.92 Å². The largest absolute Gasteiger partial charge is 0.369 e. The van der Waals surface area contributed by atoms with Gasteiger partial charge in [0.15, 0.2) is 0 Å². The van der Waals surface area contributed by atoms with Gasteiger partial charge in [-0.1, -0.05) is 60.7 Å². The Morgan fingerprint density at radius 1 is 0.907 bits per heavy atom. The molecule has 2 bridgehead atoms. The fourth-order valence-corrected chi connectivity index (χ4v) is 6.25. The lowest BCUT2D eigenvalue weighted by molar-refractivity contribution is -0.111. The van der Waals surface area contributed by atoms with Crippen LogP contribution in [0.2, 0.25) is 0 Å². The molecular weight excluding hydrogens is 536 g/mol. The second-order valence-electron chi connectivity index (χ2n) is 11.1. The highest BCUT2D eigenvalue weighted by atomic mass is 16.2. The Morgan fingerprint density at radius 2 is 1.67 bits per heavy atom. The van der Waals surface area contributed by atoms with Crippen LogP contribution in [0.4, 0.5) is 17.1 Å². The first-order valence-electron chi connectivity index (χ1n) is 14.6. The summed E-state index contributed by atoms with van der Waals surface area (Å²) in [5.74, 6) is 0.0346. The van der Waals surface area contributed by atoms with E-state index >= 15 is 0 Å². The lowest BCUT2D eigenvalue weighted by Crippen LogP contribution is -2.47. The minimum atomic E-state index is -0.283. The average molecular weight is 571 g/mol. The van der Waals surface area contributed by atoms with Crippen molar-refractivity contribution in [2.45, 2.75) is 18.9 Å². The summed E-state index contributed by atoms with van der Waals surface area (Å²) in [6.45, 7) is 6.33. The number of hydrogen-bond acceptors (Lipinski definition) is 4. The zero-order chi connectivity index (χ0) is 29.8. The maximum absolute atomic E-state index is 13.8. The van der Waals surface area contributed by atoms with Crippen LogP contribution in [0, 0.1) is 5.92 Å². The van der Waals surface area contributed by atoms with Gasteiger partial charge in [0.25, 0.3) is 11.5 Å². The molecule has 1 N–H and O–H groups in total. The molecule has 7 heteroatoms. The minimum absolute atomic E-state index is 0.0455. The monoisotopic (exact) mass is 570 g/mol. The van der Waals surface area contributed by atoms with Crippen molar-refractivity contribution in [3.63, 3.8) is 0 Å². The predicted octanol–water partition coefficient (Wildman–Crippen LogP) is 5.96. The first kappa shape index (κ1) is 28.0. The van der Waals surface area contributed by atoms with Gasteiger partial charge in [0.05, 0.1) is 11.4 Å². The summed E-state index contributed by atoms with van der Waals surface area (Å²) in [5.41, 5.74) is 4.68. The number of rotatable bonds is 8. The molecule has 6 rings (SSSR count). The number of carbonyl (C=O) groups is 2. The highest BCUT2D eigenvalue weighted by Gasteiger charge is 2.35. The van der Waals surface area contributed by atoms with Crippen LogP contribution in [0.1, 0.15) is 34.0 Å². The summed E-state index contributed by atoms with van der Waals surface area (Å²) in [5, 5.41) is 3.06. The number of hydrogen-bond donors (Lipinski definition) is 1. The van der Waals surface area contributed by atoms with Gasteiger partial charge in [-0.2, -0.15) is 0 Å². The Kier molecular flexibility index (Phi) is 8.05. The Hall–Kier alpha value is -5.17. The molecule has 0 radical (unpaired) electrons. The van der Waals surface area contributed by atoms with Crippen LogP contribution < -0.4 is 20.7 Å². The number of carbonyl (C=O) groups excluding carboxylic acids is 2. The topological polar surface area (TPSA) is 74.7 Å². The summed E-state index contributed by atoms with van der Waals surface area (Å²) in [6, 6.07) is 30.2. The third-order valence-corrected chi connectivity index (χ3v) is 8.17. The van der Waals surface area contributed by atoms with E-state index in [9.17, 15) is 14.4 Å². The maximum Gasteiger partial charge on any atom is 0.258 e. The Balaban J connectivity index is 1.33. The molecule has 1 saturated heterocycles. The van der Waals surface area contributed by atoms with E-state index in [0.29, 0.717) is 36.8 Å². The van der Waals surface area contributed by atoms with Crippen molar-refractivity contribution in [2.75, 3.05) is 34.8 Å². The zero-order valence-corrected chi connectivity index (χ0v) is 23.9. The number of nitrogens with zero attached hydrogens (tertiary/aromatic N) is 3. The second kappa shape index (κ2) is 12.4. The standard InChI is InChI=1S/C36H34N4O3/c1-2-20-39(30-12-7-4-8-13-30)36(43)28-17-18-33(31(22-28)37-34(41)19-16-26-10-5-3-6-11-26)38-23-27-21-29(25-38)32-14-9-15-35(42)40(32)24-27/h2-19,22,27,29H,1,20-21,23-25H2,(H,37,41). The number of pyridine rings is 1. The summed E-state index contributed by atoms with van der Waals surface area (Å²) in [6.07, 6.45) is 6.00. The van der Waals surface area contributed by atoms with Crippen molar-refractivity contribution < 1.29 is 9.59 Å². The van der Waals surface area contributed by atoms with Crippen LogP contribution >= 0.6 is 0 Å². The quantitative estimate of drug-likeness (QED) is 0.210. The van der Waals surface area contributed by atoms with Gasteiger partial charge < -0.3 is 19.7 Å². The fraction of sp³-hybridized carbons (Fsp3) is 0.194. The molecule has 0 aliphatic carbocycles. The summed E-state index contributed by atoms with van der Waals surface area (Å²) >= 11 is 0. The molecule has 1 aromatic heterocycles. The van der Waals surface area contributed by atoms with Crippen LogP contribution in [0.15, 0.2) is 121 Å². The molecule has 7 nitrogen and oxygen atoms in total. The van der Waals surface area contributed by atoms with Crippen molar-refractivity contribution in [1.29, 1.82) is 0 Å². The molecule has 3 aromatic carbocycles. The van der Waals surface area contributed by atoms with Crippen LogP contribution in [0.5, 0.6) is 0 Å². The van der Waals surface area contributed by atoms with Crippen molar-refractivity contribution >= 4 is 35.0 Å². The van der Waals surface area contributed by atoms with E-state index in [4.69, 9.17) is 0 Å². The molecule has 2 aliphatic heterocycles. The highest BCUT2D eigenvalue weighted by molar-refractivity contribution is 6.09. The highest BCUT2D eigenvalue weighted by Crippen LogP contribution is 2.39. The van der Waals surface area contributed by atoms with E-state index in [1.165, 1.54) is 6.08 Å². The fourth-order valence-electron chi connectivity index (χ4n) is 6.25. The third-order valence-electron chi connectivity index (χ3n) is 8.17. The van der Waals surface area contributed by atoms with Gasteiger partial charge in [0.2, 0.25) is 5.91 Å². The molecule has 43 heavy (non-hydrogen) atoms. The first-order chi connectivity index (χ1) is 21.0. The number of para-hydroxylation sites is 1. The van der Waals surface area contributed by atoms with Gasteiger partial charge >= 0.3 is 0 Å². The van der Waals surface area contributed by atoms with Gasteiger partial charge in [-0.25, -0.2) is 0 Å². The van der Waals surface area contributed by atoms with Crippen molar-refractivity contribution in [1.82, 2.24) is 4.57 Å². The molecule has 216 valence electrons. The number of piperidine rings is 1. The lowest BCUT2D eigenvalue weighted by atomic mass is 9.83. The molecule has 2 unspecified atom stereocenters. The molecule has 2 atom stereocenters. The number of anilines is 3. The molecule has 2 amide bonds. The molecule has 1 fully saturated rings. The van der Waals surface area contributed by atoms with Gasteiger partial charge in [-0.05, 0) is 60.4 Å². The predicted molar refractivity (Wildman–Crippen MR) is 173 cm³/mol. The molecule has 2 aliphatic rings. The van der Waals surface area contributed by atoms with E-state index in [1.54, 1.807) is 29.2 Å². The minimum Gasteiger partial charge on any atom is -0.369 e. The summed E-state index contributed by atoms with van der Waals surface area (Å²) in [4.78, 5) is 43.5. The van der Waals surface area contributed by atoms with Gasteiger partial charge in [-0.15, -0.1) is 6.58 Å². The third kappa shape index (κ3) is 6.06. The number of benzene rings is 3. The molecule has 3 heterocycles. The number of aromatic nitrogens is 1. The zero-order valence-electron chi connectivity index (χ0n) is 23.9. The van der Waals surface area contributed by atoms with Crippen LogP contribution in [-0.4, -0.2) is 36.0 Å². The van der Waals surface area contributed by atoms with Crippen LogP contribution in [0.25, 0.3) is 6.08 Å². The Bertz CT molecular complexity index is 1730. The molecule has 0 saturated carbocycles. The van der Waals surface area contributed by atoms with Crippen molar-refractivity contribution in [3.8, 4) is 0 Å². The lowest BCUT2D eigenvalue weighted by Gasteiger charge is -2.44. The Morgan fingerprint density at radius 3 is 2.44 bits per heavy atom. The van der Waals surface area contributed by atoms with Crippen LogP contribution in [-0.2, 0) is 11.3 Å². The van der Waals surface area contributed by atoms with E-state index in [-0.39, 0.29) is 23.3 Å². The number of fused-ring (bicyclic) bond motifs is 4. The summed E-state index contributed by atoms with van der Waals surface area (Å²) in [7, 11) is 0. The van der Waals surface area contributed by atoms with Gasteiger partial charge in [0.1, 0.15) is 0 Å². The molecule has 4 aromatic rings. The number of nitrogens with one attached hydrogen (secondary N) is 1. The summed E-state index contributed by atoms with van der Waals surface area (Å²) < 4.78 is 1.91. The van der Waals surface area contributed by atoms with E-state index in [0.717, 1.165) is 35.6 Å². The average Bonchev–Trinajstić information content (AvgIpc) is 3.03.